The van der Waals surface area contributed by atoms with Gasteiger partial charge in [0.05, 0.1) is 5.52 Å². The highest BCUT2D eigenvalue weighted by atomic mass is 32.2. The van der Waals surface area contributed by atoms with Crippen molar-refractivity contribution in [3.8, 4) is 0 Å². The van der Waals surface area contributed by atoms with Gasteiger partial charge in [-0.3, -0.25) is 4.98 Å². The van der Waals surface area contributed by atoms with E-state index in [1.165, 1.54) is 0 Å². The number of aryl methyl sites for hydroxylation is 1. The number of benzene rings is 1. The van der Waals surface area contributed by atoms with E-state index in [1.807, 2.05) is 32.9 Å². The molecule has 0 spiro atoms. The Morgan fingerprint density at radius 2 is 2.00 bits per heavy atom. The number of sulfonamides is 1. The van der Waals surface area contributed by atoms with Crippen molar-refractivity contribution in [1.82, 2.24) is 15.0 Å². The van der Waals surface area contributed by atoms with Crippen molar-refractivity contribution in [3.05, 3.63) is 36.0 Å². The number of aromatic nitrogens is 1. The summed E-state index contributed by atoms with van der Waals surface area (Å²) >= 11 is 0. The van der Waals surface area contributed by atoms with E-state index in [2.05, 4.69) is 15.0 Å². The second kappa shape index (κ2) is 6.51. The number of fused-ring (bicyclic) bond motifs is 1. The van der Waals surface area contributed by atoms with Gasteiger partial charge in [-0.25, -0.2) is 13.1 Å². The maximum Gasteiger partial charge on any atom is 0.242 e. The van der Waals surface area contributed by atoms with Crippen LogP contribution in [0, 0.1) is 6.92 Å². The quantitative estimate of drug-likeness (QED) is 0.799. The van der Waals surface area contributed by atoms with Crippen molar-refractivity contribution in [1.29, 1.82) is 0 Å². The molecule has 1 aromatic carbocycles. The monoisotopic (exact) mass is 307 g/mol. The van der Waals surface area contributed by atoms with Gasteiger partial charge in [0.15, 0.2) is 0 Å². The van der Waals surface area contributed by atoms with Gasteiger partial charge in [0.1, 0.15) is 4.90 Å². The van der Waals surface area contributed by atoms with Crippen LogP contribution in [0.2, 0.25) is 0 Å². The summed E-state index contributed by atoms with van der Waals surface area (Å²) in [7, 11) is -3.55. The van der Waals surface area contributed by atoms with Crippen LogP contribution in [0.5, 0.6) is 0 Å². The third-order valence-corrected chi connectivity index (χ3v) is 4.56. The van der Waals surface area contributed by atoms with Crippen molar-refractivity contribution in [2.45, 2.75) is 31.7 Å². The minimum absolute atomic E-state index is 0.226. The smallest absolute Gasteiger partial charge is 0.242 e. The lowest BCUT2D eigenvalue weighted by Crippen LogP contribution is -2.34. The van der Waals surface area contributed by atoms with E-state index in [9.17, 15) is 8.42 Å². The second-order valence-corrected chi connectivity index (χ2v) is 7.08. The summed E-state index contributed by atoms with van der Waals surface area (Å²) in [5, 5.41) is 4.00. The van der Waals surface area contributed by atoms with Crippen molar-refractivity contribution in [3.63, 3.8) is 0 Å². The fourth-order valence-electron chi connectivity index (χ4n) is 2.08. The Labute approximate surface area is 125 Å². The second-order valence-electron chi connectivity index (χ2n) is 5.35. The number of nitrogens with zero attached hydrogens (tertiary/aromatic N) is 1. The summed E-state index contributed by atoms with van der Waals surface area (Å²) in [5.74, 6) is 0. The van der Waals surface area contributed by atoms with E-state index in [-0.39, 0.29) is 4.90 Å². The molecule has 0 saturated carbocycles. The average Bonchev–Trinajstić information content (AvgIpc) is 2.42. The zero-order chi connectivity index (χ0) is 15.5. The summed E-state index contributed by atoms with van der Waals surface area (Å²) < 4.78 is 27.4. The Kier molecular flexibility index (Phi) is 4.92. The van der Waals surface area contributed by atoms with Crippen LogP contribution in [0.25, 0.3) is 10.9 Å². The third kappa shape index (κ3) is 4.00. The average molecular weight is 307 g/mol. The Hall–Kier alpha value is -1.50. The number of hydrogen-bond donors (Lipinski definition) is 2. The molecule has 5 nitrogen and oxygen atoms in total. The minimum Gasteiger partial charge on any atom is -0.313 e. The summed E-state index contributed by atoms with van der Waals surface area (Å²) in [6, 6.07) is 7.46. The maximum atomic E-state index is 12.4. The van der Waals surface area contributed by atoms with Crippen LogP contribution in [0.15, 0.2) is 35.4 Å². The SMILES string of the molecule is Cc1cnc2c(S(=O)(=O)NCCNC(C)C)cccc2c1. The zero-order valence-electron chi connectivity index (χ0n) is 12.6. The normalized spacial score (nSPS) is 12.2. The third-order valence-electron chi connectivity index (χ3n) is 3.07. The highest BCUT2D eigenvalue weighted by molar-refractivity contribution is 7.89. The van der Waals surface area contributed by atoms with Gasteiger partial charge in [0.25, 0.3) is 0 Å². The molecule has 2 N–H and O–H groups in total. The molecule has 0 radical (unpaired) electrons. The molecule has 0 saturated heterocycles. The molecule has 1 aromatic heterocycles. The van der Waals surface area contributed by atoms with Crippen LogP contribution in [0.3, 0.4) is 0 Å². The molecule has 21 heavy (non-hydrogen) atoms. The Morgan fingerprint density at radius 1 is 1.24 bits per heavy atom. The van der Waals surface area contributed by atoms with Crippen LogP contribution in [0.1, 0.15) is 19.4 Å². The van der Waals surface area contributed by atoms with Gasteiger partial charge in [-0.15, -0.1) is 0 Å². The van der Waals surface area contributed by atoms with Gasteiger partial charge in [-0.2, -0.15) is 0 Å². The van der Waals surface area contributed by atoms with Crippen molar-refractivity contribution in [2.24, 2.45) is 0 Å². The summed E-state index contributed by atoms with van der Waals surface area (Å²) in [5.41, 5.74) is 1.51. The van der Waals surface area contributed by atoms with Crippen molar-refractivity contribution in [2.75, 3.05) is 13.1 Å². The lowest BCUT2D eigenvalue weighted by Gasteiger charge is -2.11. The summed E-state index contributed by atoms with van der Waals surface area (Å²) in [6.45, 7) is 6.91. The molecule has 0 atom stereocenters. The van der Waals surface area contributed by atoms with Crippen molar-refractivity contribution >= 4 is 20.9 Å². The number of rotatable bonds is 6. The Balaban J connectivity index is 2.24. The number of hydrogen-bond acceptors (Lipinski definition) is 4. The molecule has 0 aliphatic heterocycles. The molecule has 0 unspecified atom stereocenters. The molecular weight excluding hydrogens is 286 g/mol. The van der Waals surface area contributed by atoms with Gasteiger partial charge in [-0.1, -0.05) is 26.0 Å². The molecular formula is C15H21N3O2S. The summed E-state index contributed by atoms with van der Waals surface area (Å²) in [4.78, 5) is 4.50. The number of pyridine rings is 1. The van der Waals surface area contributed by atoms with Gasteiger partial charge < -0.3 is 5.32 Å². The van der Waals surface area contributed by atoms with Gasteiger partial charge in [-0.05, 0) is 24.6 Å². The van der Waals surface area contributed by atoms with E-state index in [4.69, 9.17) is 0 Å². The van der Waals surface area contributed by atoms with Crippen LogP contribution < -0.4 is 10.0 Å². The van der Waals surface area contributed by atoms with E-state index in [0.717, 1.165) is 10.9 Å². The largest absolute Gasteiger partial charge is 0.313 e. The van der Waals surface area contributed by atoms with Crippen LogP contribution in [-0.4, -0.2) is 32.5 Å². The molecule has 0 amide bonds. The summed E-state index contributed by atoms with van der Waals surface area (Å²) in [6.07, 6.45) is 1.68. The highest BCUT2D eigenvalue weighted by Gasteiger charge is 2.17. The molecule has 1 heterocycles. The Morgan fingerprint density at radius 3 is 2.71 bits per heavy atom. The van der Waals surface area contributed by atoms with E-state index < -0.39 is 10.0 Å². The number of para-hydroxylation sites is 1. The maximum absolute atomic E-state index is 12.4. The first-order chi connectivity index (χ1) is 9.90. The fraction of sp³-hybridized carbons (Fsp3) is 0.400. The first-order valence-electron chi connectivity index (χ1n) is 6.98. The number of nitrogens with one attached hydrogen (secondary N) is 2. The molecule has 0 fully saturated rings. The topological polar surface area (TPSA) is 71.1 Å². The minimum atomic E-state index is -3.55. The molecule has 0 aliphatic rings. The van der Waals surface area contributed by atoms with E-state index in [0.29, 0.717) is 24.6 Å². The first kappa shape index (κ1) is 15.9. The van der Waals surface area contributed by atoms with E-state index >= 15 is 0 Å². The molecule has 2 aromatic rings. The van der Waals surface area contributed by atoms with Gasteiger partial charge in [0, 0.05) is 30.7 Å². The molecule has 0 aliphatic carbocycles. The fourth-order valence-corrected chi connectivity index (χ4v) is 3.29. The predicted octanol–water partition coefficient (Wildman–Crippen LogP) is 1.82. The predicted molar refractivity (Wildman–Crippen MR) is 84.8 cm³/mol. The molecule has 2 rings (SSSR count). The lowest BCUT2D eigenvalue weighted by atomic mass is 10.2. The van der Waals surface area contributed by atoms with Gasteiger partial charge >= 0.3 is 0 Å². The standard InChI is InChI=1S/C15H21N3O2S/c1-11(2)16-7-8-18-21(19,20)14-6-4-5-13-9-12(3)10-17-15(13)14/h4-6,9-11,16,18H,7-8H2,1-3H3. The Bertz CT molecular complexity index is 727. The first-order valence-corrected chi connectivity index (χ1v) is 8.47. The zero-order valence-corrected chi connectivity index (χ0v) is 13.4. The molecule has 114 valence electrons. The van der Waals surface area contributed by atoms with Crippen LogP contribution >= 0.6 is 0 Å². The van der Waals surface area contributed by atoms with Crippen LogP contribution in [0.4, 0.5) is 0 Å². The molecule has 0 bridgehead atoms. The van der Waals surface area contributed by atoms with Gasteiger partial charge in [0.2, 0.25) is 10.0 Å². The van der Waals surface area contributed by atoms with Crippen LogP contribution in [-0.2, 0) is 10.0 Å². The molecule has 6 heteroatoms. The lowest BCUT2D eigenvalue weighted by molar-refractivity contribution is 0.560. The highest BCUT2D eigenvalue weighted by Crippen LogP contribution is 2.21. The van der Waals surface area contributed by atoms with E-state index in [1.54, 1.807) is 18.3 Å². The van der Waals surface area contributed by atoms with Crippen molar-refractivity contribution < 1.29 is 8.42 Å².